The van der Waals surface area contributed by atoms with Gasteiger partial charge in [0, 0.05) is 25.2 Å². The molecule has 0 aromatic heterocycles. The van der Waals surface area contributed by atoms with Crippen molar-refractivity contribution >= 4 is 11.4 Å². The van der Waals surface area contributed by atoms with Gasteiger partial charge in [-0.1, -0.05) is 26.7 Å². The summed E-state index contributed by atoms with van der Waals surface area (Å²) >= 11 is 0. The quantitative estimate of drug-likeness (QED) is 0.767. The van der Waals surface area contributed by atoms with Crippen molar-refractivity contribution in [1.29, 1.82) is 0 Å². The van der Waals surface area contributed by atoms with Crippen LogP contribution < -0.4 is 15.4 Å². The summed E-state index contributed by atoms with van der Waals surface area (Å²) in [6.07, 6.45) is 2.26. The summed E-state index contributed by atoms with van der Waals surface area (Å²) in [7, 11) is 1.47. The van der Waals surface area contributed by atoms with E-state index in [-0.39, 0.29) is 5.75 Å². The lowest BCUT2D eigenvalue weighted by molar-refractivity contribution is 0.386. The topological polar surface area (TPSA) is 38.5 Å². The van der Waals surface area contributed by atoms with Crippen LogP contribution in [0.1, 0.15) is 33.6 Å². The van der Waals surface area contributed by atoms with Crippen LogP contribution in [0.4, 0.5) is 15.8 Å². The highest BCUT2D eigenvalue weighted by Gasteiger charge is 2.16. The normalized spacial score (nSPS) is 10.8. The zero-order valence-electron chi connectivity index (χ0n) is 12.4. The number of halogens is 1. The van der Waals surface area contributed by atoms with Gasteiger partial charge >= 0.3 is 0 Å². The van der Waals surface area contributed by atoms with E-state index in [0.717, 1.165) is 31.6 Å². The number of rotatable bonds is 7. The molecule has 0 aliphatic heterocycles. The van der Waals surface area contributed by atoms with E-state index in [9.17, 15) is 4.39 Å². The van der Waals surface area contributed by atoms with Crippen LogP contribution in [0.25, 0.3) is 0 Å². The number of nitrogens with two attached hydrogens (primary N) is 1. The summed E-state index contributed by atoms with van der Waals surface area (Å²) < 4.78 is 18.6. The van der Waals surface area contributed by atoms with E-state index >= 15 is 0 Å². The Morgan fingerprint density at radius 1 is 1.26 bits per heavy atom. The zero-order chi connectivity index (χ0) is 14.4. The van der Waals surface area contributed by atoms with Crippen LogP contribution in [0, 0.1) is 11.7 Å². The van der Waals surface area contributed by atoms with Gasteiger partial charge in [0.25, 0.3) is 0 Å². The molecule has 3 nitrogen and oxygen atoms in total. The Morgan fingerprint density at radius 2 is 1.89 bits per heavy atom. The smallest absolute Gasteiger partial charge is 0.167 e. The first-order valence-electron chi connectivity index (χ1n) is 6.95. The molecule has 0 saturated heterocycles. The molecule has 1 aromatic rings. The summed E-state index contributed by atoms with van der Waals surface area (Å²) in [6, 6.07) is 3.03. The molecule has 0 fully saturated rings. The molecule has 4 heteroatoms. The fraction of sp³-hybridized carbons (Fsp3) is 0.600. The van der Waals surface area contributed by atoms with Crippen LogP contribution in [-0.2, 0) is 0 Å². The number of nitrogen functional groups attached to an aromatic ring is 1. The van der Waals surface area contributed by atoms with Crippen molar-refractivity contribution in [3.05, 3.63) is 17.9 Å². The van der Waals surface area contributed by atoms with Gasteiger partial charge in [-0.15, -0.1) is 0 Å². The average molecular weight is 268 g/mol. The highest BCUT2D eigenvalue weighted by molar-refractivity contribution is 5.70. The molecule has 1 aromatic carbocycles. The van der Waals surface area contributed by atoms with Gasteiger partial charge in [-0.2, -0.15) is 0 Å². The third-order valence-electron chi connectivity index (χ3n) is 3.66. The lowest BCUT2D eigenvalue weighted by Crippen LogP contribution is -2.29. The van der Waals surface area contributed by atoms with E-state index in [0.29, 0.717) is 11.6 Å². The molecular formula is C15H25FN2O. The summed E-state index contributed by atoms with van der Waals surface area (Å²) in [5.41, 5.74) is 7.26. The fourth-order valence-corrected chi connectivity index (χ4v) is 2.24. The minimum Gasteiger partial charge on any atom is -0.494 e. The molecule has 0 unspecified atom stereocenters. The molecule has 1 rings (SSSR count). The first-order valence-corrected chi connectivity index (χ1v) is 6.95. The summed E-state index contributed by atoms with van der Waals surface area (Å²) in [5.74, 6) is 0.449. The van der Waals surface area contributed by atoms with E-state index in [1.807, 2.05) is 0 Å². The molecular weight excluding hydrogens is 243 g/mol. The number of anilines is 2. The maximum Gasteiger partial charge on any atom is 0.167 e. The van der Waals surface area contributed by atoms with Crippen LogP contribution in [0.3, 0.4) is 0 Å². The molecule has 0 heterocycles. The number of hydrogen-bond donors (Lipinski definition) is 1. The summed E-state index contributed by atoms with van der Waals surface area (Å²) in [6.45, 7) is 8.24. The Bertz CT molecular complexity index is 405. The number of methoxy groups -OCH3 is 1. The largest absolute Gasteiger partial charge is 0.494 e. The zero-order valence-corrected chi connectivity index (χ0v) is 12.4. The van der Waals surface area contributed by atoms with Gasteiger partial charge in [0.1, 0.15) is 0 Å². The Hall–Kier alpha value is -1.45. The third-order valence-corrected chi connectivity index (χ3v) is 3.66. The van der Waals surface area contributed by atoms with Crippen LogP contribution in [0.15, 0.2) is 12.1 Å². The maximum atomic E-state index is 13.6. The van der Waals surface area contributed by atoms with Gasteiger partial charge in [0.05, 0.1) is 18.5 Å². The molecule has 0 radical (unpaired) electrons. The highest BCUT2D eigenvalue weighted by atomic mass is 19.1. The highest BCUT2D eigenvalue weighted by Crippen LogP contribution is 2.31. The lowest BCUT2D eigenvalue weighted by atomic mass is 10.0. The summed E-state index contributed by atoms with van der Waals surface area (Å²) in [5, 5.41) is 0. The monoisotopic (exact) mass is 268 g/mol. The SMILES string of the molecule is CCC(CC)CN(CC)c1cc(OC)c(F)cc1N. The molecule has 0 atom stereocenters. The van der Waals surface area contributed by atoms with E-state index in [4.69, 9.17) is 10.5 Å². The first-order chi connectivity index (χ1) is 9.07. The Balaban J connectivity index is 3.03. The van der Waals surface area contributed by atoms with Crippen LogP contribution in [0.2, 0.25) is 0 Å². The van der Waals surface area contributed by atoms with Gasteiger partial charge in [0.15, 0.2) is 11.6 Å². The van der Waals surface area contributed by atoms with Crippen molar-refractivity contribution in [2.75, 3.05) is 30.8 Å². The Morgan fingerprint density at radius 3 is 2.37 bits per heavy atom. The van der Waals surface area contributed by atoms with Gasteiger partial charge in [-0.05, 0) is 12.8 Å². The van der Waals surface area contributed by atoms with Crippen molar-refractivity contribution in [3.8, 4) is 5.75 Å². The van der Waals surface area contributed by atoms with Gasteiger partial charge in [0.2, 0.25) is 0 Å². The molecule has 0 amide bonds. The van der Waals surface area contributed by atoms with E-state index < -0.39 is 5.82 Å². The van der Waals surface area contributed by atoms with E-state index in [2.05, 4.69) is 25.7 Å². The second-order valence-corrected chi connectivity index (χ2v) is 4.77. The molecule has 2 N–H and O–H groups in total. The molecule has 108 valence electrons. The molecule has 19 heavy (non-hydrogen) atoms. The summed E-state index contributed by atoms with van der Waals surface area (Å²) in [4.78, 5) is 2.19. The van der Waals surface area contributed by atoms with Gasteiger partial charge in [-0.25, -0.2) is 4.39 Å². The minimum atomic E-state index is -0.415. The van der Waals surface area contributed by atoms with Gasteiger partial charge in [-0.3, -0.25) is 0 Å². The minimum absolute atomic E-state index is 0.243. The molecule has 0 aliphatic carbocycles. The number of hydrogen-bond acceptors (Lipinski definition) is 3. The second kappa shape index (κ2) is 7.22. The van der Waals surface area contributed by atoms with Gasteiger partial charge < -0.3 is 15.4 Å². The Kier molecular flexibility index (Phi) is 5.93. The standard InChI is InChI=1S/C15H25FN2O/c1-5-11(6-2)10-18(7-3)14-9-15(19-4)12(16)8-13(14)17/h8-9,11H,5-7,10,17H2,1-4H3. The van der Waals surface area contributed by atoms with Crippen LogP contribution >= 0.6 is 0 Å². The van der Waals surface area contributed by atoms with Crippen molar-refractivity contribution in [3.63, 3.8) is 0 Å². The molecule has 0 saturated carbocycles. The van der Waals surface area contributed by atoms with E-state index in [1.165, 1.54) is 13.2 Å². The van der Waals surface area contributed by atoms with Crippen LogP contribution in [0.5, 0.6) is 5.75 Å². The van der Waals surface area contributed by atoms with Crippen molar-refractivity contribution in [1.82, 2.24) is 0 Å². The van der Waals surface area contributed by atoms with Crippen LogP contribution in [-0.4, -0.2) is 20.2 Å². The fourth-order valence-electron chi connectivity index (χ4n) is 2.24. The Labute approximate surface area is 115 Å². The van der Waals surface area contributed by atoms with Crippen molar-refractivity contribution < 1.29 is 9.13 Å². The molecule has 0 bridgehead atoms. The van der Waals surface area contributed by atoms with E-state index in [1.54, 1.807) is 6.07 Å². The number of ether oxygens (including phenoxy) is 1. The number of benzene rings is 1. The first kappa shape index (κ1) is 15.6. The maximum absolute atomic E-state index is 13.6. The molecule has 0 aliphatic rings. The molecule has 0 spiro atoms. The third kappa shape index (κ3) is 3.75. The van der Waals surface area contributed by atoms with Crippen molar-refractivity contribution in [2.24, 2.45) is 5.92 Å². The van der Waals surface area contributed by atoms with Crippen molar-refractivity contribution in [2.45, 2.75) is 33.6 Å². The lowest BCUT2D eigenvalue weighted by Gasteiger charge is -2.29. The second-order valence-electron chi connectivity index (χ2n) is 4.77. The average Bonchev–Trinajstić information content (AvgIpc) is 2.41. The predicted molar refractivity (Wildman–Crippen MR) is 79.3 cm³/mol. The number of nitrogens with zero attached hydrogens (tertiary/aromatic N) is 1. The predicted octanol–water partition coefficient (Wildman–Crippen LogP) is 3.68.